The van der Waals surface area contributed by atoms with Crippen LogP contribution in [-0.4, -0.2) is 38.3 Å². The fraction of sp³-hybridized carbons (Fsp3) is 0.750. The van der Waals surface area contributed by atoms with E-state index in [0.717, 1.165) is 19.6 Å². The van der Waals surface area contributed by atoms with Crippen LogP contribution in [-0.2, 0) is 4.74 Å². The molecule has 1 saturated heterocycles. The van der Waals surface area contributed by atoms with Gasteiger partial charge in [0.25, 0.3) is 0 Å². The van der Waals surface area contributed by atoms with Gasteiger partial charge in [0.1, 0.15) is 0 Å². The van der Waals surface area contributed by atoms with Gasteiger partial charge in [0.15, 0.2) is 0 Å². The molecular weight excluding hydrogens is 241 g/mol. The molecule has 1 unspecified atom stereocenters. The van der Waals surface area contributed by atoms with Crippen molar-refractivity contribution >= 4 is 0 Å². The maximum absolute atomic E-state index is 12.6. The zero-order chi connectivity index (χ0) is 15.1. The van der Waals surface area contributed by atoms with E-state index in [1.807, 2.05) is 20.8 Å². The molecule has 0 aromatic rings. The second-order valence-electron chi connectivity index (χ2n) is 4.45. The summed E-state index contributed by atoms with van der Waals surface area (Å²) in [5, 5.41) is 0. The number of rotatable bonds is 5. The van der Waals surface area contributed by atoms with E-state index >= 15 is 0 Å². The SMILES string of the molecule is C=C(F)C(C)CN1CCCCC1.C=CCOC.CC. The Labute approximate surface area is 119 Å². The highest BCUT2D eigenvalue weighted by Crippen LogP contribution is 2.15. The topological polar surface area (TPSA) is 12.5 Å². The van der Waals surface area contributed by atoms with Gasteiger partial charge in [-0.05, 0) is 25.9 Å². The van der Waals surface area contributed by atoms with E-state index in [9.17, 15) is 4.39 Å². The third kappa shape index (κ3) is 13.6. The first-order valence-electron chi connectivity index (χ1n) is 7.28. The molecule has 0 saturated carbocycles. The third-order valence-corrected chi connectivity index (χ3v) is 2.80. The predicted octanol–water partition coefficient (Wildman–Crippen LogP) is 4.44. The van der Waals surface area contributed by atoms with Crippen LogP contribution in [0.3, 0.4) is 0 Å². The number of hydrogen-bond donors (Lipinski definition) is 0. The normalized spacial score (nSPS) is 16.3. The Morgan fingerprint density at radius 3 is 2.16 bits per heavy atom. The Morgan fingerprint density at radius 2 is 1.84 bits per heavy atom. The summed E-state index contributed by atoms with van der Waals surface area (Å²) in [7, 11) is 1.64. The molecule has 19 heavy (non-hydrogen) atoms. The largest absolute Gasteiger partial charge is 0.381 e. The van der Waals surface area contributed by atoms with Crippen molar-refractivity contribution in [2.45, 2.75) is 40.0 Å². The molecule has 1 atom stereocenters. The fourth-order valence-electron chi connectivity index (χ4n) is 1.75. The molecule has 114 valence electrons. The van der Waals surface area contributed by atoms with Gasteiger partial charge in [-0.3, -0.25) is 0 Å². The van der Waals surface area contributed by atoms with Gasteiger partial charge in [0.2, 0.25) is 0 Å². The van der Waals surface area contributed by atoms with Crippen LogP contribution in [0.2, 0.25) is 0 Å². The lowest BCUT2D eigenvalue weighted by molar-refractivity contribution is 0.202. The van der Waals surface area contributed by atoms with Crippen LogP contribution in [0, 0.1) is 5.92 Å². The summed E-state index contributed by atoms with van der Waals surface area (Å²) in [4.78, 5) is 2.33. The van der Waals surface area contributed by atoms with Gasteiger partial charge in [0, 0.05) is 19.6 Å². The maximum atomic E-state index is 12.6. The smallest absolute Gasteiger partial charge is 0.0968 e. The van der Waals surface area contributed by atoms with Crippen molar-refractivity contribution in [3.63, 3.8) is 0 Å². The Bertz CT molecular complexity index is 213. The number of hydrogen-bond acceptors (Lipinski definition) is 2. The molecule has 1 fully saturated rings. The van der Waals surface area contributed by atoms with Crippen LogP contribution in [0.4, 0.5) is 4.39 Å². The number of nitrogens with zero attached hydrogens (tertiary/aromatic N) is 1. The molecule has 0 N–H and O–H groups in total. The van der Waals surface area contributed by atoms with Crippen LogP contribution in [0.25, 0.3) is 0 Å². The number of halogens is 1. The Morgan fingerprint density at radius 1 is 1.32 bits per heavy atom. The minimum absolute atomic E-state index is 0.00287. The van der Waals surface area contributed by atoms with Crippen LogP contribution in [0.15, 0.2) is 25.1 Å². The first kappa shape index (κ1) is 20.6. The highest BCUT2D eigenvalue weighted by Gasteiger charge is 2.14. The highest BCUT2D eigenvalue weighted by atomic mass is 19.1. The monoisotopic (exact) mass is 273 g/mol. The first-order chi connectivity index (χ1) is 9.11. The molecule has 0 spiro atoms. The van der Waals surface area contributed by atoms with E-state index in [1.54, 1.807) is 13.2 Å². The van der Waals surface area contributed by atoms with Crippen molar-refractivity contribution in [2.75, 3.05) is 33.4 Å². The van der Waals surface area contributed by atoms with Crippen molar-refractivity contribution in [1.29, 1.82) is 0 Å². The standard InChI is InChI=1S/C10H18FN.C4H8O.C2H6/c1-9(10(2)11)8-12-6-4-3-5-7-12;1-3-4-5-2;1-2/h9H,2-8H2,1H3;3H,1,4H2,2H3;1-2H3. The lowest BCUT2D eigenvalue weighted by Gasteiger charge is -2.28. The van der Waals surface area contributed by atoms with Crippen LogP contribution >= 0.6 is 0 Å². The summed E-state index contributed by atoms with van der Waals surface area (Å²) >= 11 is 0. The summed E-state index contributed by atoms with van der Waals surface area (Å²) in [6, 6.07) is 0. The fourth-order valence-corrected chi connectivity index (χ4v) is 1.75. The number of piperidine rings is 1. The van der Waals surface area contributed by atoms with Gasteiger partial charge in [-0.2, -0.15) is 0 Å². The second-order valence-corrected chi connectivity index (χ2v) is 4.45. The van der Waals surface area contributed by atoms with Crippen molar-refractivity contribution in [3.05, 3.63) is 25.1 Å². The van der Waals surface area contributed by atoms with Crippen molar-refractivity contribution in [1.82, 2.24) is 4.90 Å². The van der Waals surface area contributed by atoms with Crippen LogP contribution in [0.5, 0.6) is 0 Å². The number of likely N-dealkylation sites (tertiary alicyclic amines) is 1. The molecule has 0 bridgehead atoms. The summed E-state index contributed by atoms with van der Waals surface area (Å²) < 4.78 is 17.2. The average molecular weight is 273 g/mol. The molecule has 2 nitrogen and oxygen atoms in total. The van der Waals surface area contributed by atoms with Crippen molar-refractivity contribution in [3.8, 4) is 0 Å². The molecule has 3 heteroatoms. The molecule has 1 heterocycles. The molecule has 0 aliphatic carbocycles. The van der Waals surface area contributed by atoms with Crippen molar-refractivity contribution in [2.24, 2.45) is 5.92 Å². The Hall–Kier alpha value is -0.670. The van der Waals surface area contributed by atoms with Gasteiger partial charge in [-0.15, -0.1) is 6.58 Å². The molecular formula is C16H32FNO. The minimum atomic E-state index is -0.180. The van der Waals surface area contributed by atoms with Gasteiger partial charge in [-0.25, -0.2) is 4.39 Å². The van der Waals surface area contributed by atoms with Gasteiger partial charge in [0.05, 0.1) is 12.4 Å². The molecule has 1 aliphatic heterocycles. The quantitative estimate of drug-likeness (QED) is 0.687. The van der Waals surface area contributed by atoms with Gasteiger partial charge in [-0.1, -0.05) is 39.8 Å². The predicted molar refractivity (Wildman–Crippen MR) is 83.1 cm³/mol. The lowest BCUT2D eigenvalue weighted by atomic mass is 10.1. The lowest BCUT2D eigenvalue weighted by Crippen LogP contribution is -2.33. The van der Waals surface area contributed by atoms with E-state index in [2.05, 4.69) is 22.8 Å². The number of ether oxygens (including phenoxy) is 1. The average Bonchev–Trinajstić information content (AvgIpc) is 2.43. The minimum Gasteiger partial charge on any atom is -0.381 e. The Kier molecular flexibility index (Phi) is 16.7. The summed E-state index contributed by atoms with van der Waals surface area (Å²) in [6.07, 6.45) is 5.58. The third-order valence-electron chi connectivity index (χ3n) is 2.80. The maximum Gasteiger partial charge on any atom is 0.0968 e. The van der Waals surface area contributed by atoms with E-state index in [4.69, 9.17) is 0 Å². The first-order valence-corrected chi connectivity index (χ1v) is 7.28. The van der Waals surface area contributed by atoms with Gasteiger partial charge >= 0.3 is 0 Å². The zero-order valence-corrected chi connectivity index (χ0v) is 13.3. The molecule has 0 aromatic carbocycles. The molecule has 0 amide bonds. The second kappa shape index (κ2) is 15.4. The summed E-state index contributed by atoms with van der Waals surface area (Å²) in [6.45, 7) is 16.4. The van der Waals surface area contributed by atoms with Crippen LogP contribution in [0.1, 0.15) is 40.0 Å². The molecule has 0 aromatic heterocycles. The van der Waals surface area contributed by atoms with Crippen LogP contribution < -0.4 is 0 Å². The van der Waals surface area contributed by atoms with E-state index in [-0.39, 0.29) is 11.7 Å². The highest BCUT2D eigenvalue weighted by molar-refractivity contribution is 4.88. The zero-order valence-electron chi connectivity index (χ0n) is 13.3. The molecule has 1 aliphatic rings. The summed E-state index contributed by atoms with van der Waals surface area (Å²) in [5.41, 5.74) is 0. The molecule has 1 rings (SSSR count). The van der Waals surface area contributed by atoms with E-state index < -0.39 is 0 Å². The molecule has 0 radical (unpaired) electrons. The van der Waals surface area contributed by atoms with E-state index in [1.165, 1.54) is 19.3 Å². The van der Waals surface area contributed by atoms with Gasteiger partial charge < -0.3 is 9.64 Å². The summed E-state index contributed by atoms with van der Waals surface area (Å²) in [5.74, 6) is -0.177. The Balaban J connectivity index is 0. The number of methoxy groups -OCH3 is 1. The van der Waals surface area contributed by atoms with E-state index in [0.29, 0.717) is 6.61 Å². The van der Waals surface area contributed by atoms with Crippen molar-refractivity contribution < 1.29 is 9.13 Å².